The number of carboxylic acids is 1. The third-order valence-corrected chi connectivity index (χ3v) is 2.96. The Morgan fingerprint density at radius 1 is 1.77 bits per heavy atom. The summed E-state index contributed by atoms with van der Waals surface area (Å²) in [4.78, 5) is 15.0. The molecule has 0 saturated carbocycles. The largest absolute Gasteiger partial charge is 0.480 e. The van der Waals surface area contributed by atoms with Gasteiger partial charge < -0.3 is 10.4 Å². The standard InChI is InChI=1S/C7H11N3O2S/c11-7(12)6-5-4(8-3-9-5)1-2-10(6)13/h3-6,13H,1-2H2,(H,8,9)(H,11,12). The third kappa shape index (κ3) is 1.40. The number of thiol groups is 1. The zero-order valence-corrected chi connectivity index (χ0v) is 7.82. The maximum absolute atomic E-state index is 10.9. The maximum Gasteiger partial charge on any atom is 0.324 e. The van der Waals surface area contributed by atoms with Crippen molar-refractivity contribution in [1.29, 1.82) is 0 Å². The lowest BCUT2D eigenvalue weighted by Crippen LogP contribution is -2.55. The van der Waals surface area contributed by atoms with Gasteiger partial charge in [0.2, 0.25) is 0 Å². The minimum atomic E-state index is -0.856. The van der Waals surface area contributed by atoms with Crippen LogP contribution in [0.4, 0.5) is 0 Å². The first-order chi connectivity index (χ1) is 6.20. The molecular formula is C7H11N3O2S. The highest BCUT2D eigenvalue weighted by Crippen LogP contribution is 2.24. The molecule has 2 rings (SSSR count). The molecule has 6 heteroatoms. The Morgan fingerprint density at radius 2 is 2.54 bits per heavy atom. The molecular weight excluding hydrogens is 190 g/mol. The minimum Gasteiger partial charge on any atom is -0.480 e. The minimum absolute atomic E-state index is 0.171. The van der Waals surface area contributed by atoms with Crippen molar-refractivity contribution >= 4 is 25.1 Å². The lowest BCUT2D eigenvalue weighted by Gasteiger charge is -2.35. The van der Waals surface area contributed by atoms with Crippen molar-refractivity contribution < 1.29 is 9.90 Å². The van der Waals surface area contributed by atoms with E-state index in [1.807, 2.05) is 0 Å². The molecule has 0 aromatic carbocycles. The summed E-state index contributed by atoms with van der Waals surface area (Å²) in [5.74, 6) is -0.856. The predicted octanol–water partition coefficient (Wildman–Crippen LogP) is -0.641. The van der Waals surface area contributed by atoms with Gasteiger partial charge in [-0.25, -0.2) is 4.31 Å². The summed E-state index contributed by atoms with van der Waals surface area (Å²) in [5, 5.41) is 12.0. The molecule has 2 heterocycles. The molecule has 0 aliphatic carbocycles. The number of nitrogens with zero attached hydrogens (tertiary/aromatic N) is 2. The van der Waals surface area contributed by atoms with Crippen LogP contribution in [0.25, 0.3) is 0 Å². The zero-order chi connectivity index (χ0) is 9.42. The van der Waals surface area contributed by atoms with Gasteiger partial charge in [0.15, 0.2) is 0 Å². The first kappa shape index (κ1) is 8.83. The van der Waals surface area contributed by atoms with Crippen molar-refractivity contribution in [2.24, 2.45) is 4.99 Å². The molecule has 0 bridgehead atoms. The number of piperidine rings is 1. The molecule has 13 heavy (non-hydrogen) atoms. The zero-order valence-electron chi connectivity index (χ0n) is 6.92. The summed E-state index contributed by atoms with van der Waals surface area (Å²) in [5.41, 5.74) is 0. The van der Waals surface area contributed by atoms with Gasteiger partial charge in [-0.05, 0) is 6.42 Å². The van der Waals surface area contributed by atoms with Crippen LogP contribution in [0.15, 0.2) is 4.99 Å². The maximum atomic E-state index is 10.9. The summed E-state index contributed by atoms with van der Waals surface area (Å²) < 4.78 is 1.55. The van der Waals surface area contributed by atoms with E-state index in [1.165, 1.54) is 0 Å². The summed E-state index contributed by atoms with van der Waals surface area (Å²) >= 11 is 4.13. The van der Waals surface area contributed by atoms with Crippen LogP contribution in [0, 0.1) is 0 Å². The fourth-order valence-electron chi connectivity index (χ4n) is 1.84. The highest BCUT2D eigenvalue weighted by Gasteiger charge is 2.42. The second-order valence-corrected chi connectivity index (χ2v) is 3.79. The van der Waals surface area contributed by atoms with Gasteiger partial charge in [-0.1, -0.05) is 12.8 Å². The first-order valence-electron chi connectivity index (χ1n) is 4.16. The fraction of sp³-hybridized carbons (Fsp3) is 0.714. The number of hydrogen-bond donors (Lipinski definition) is 3. The van der Waals surface area contributed by atoms with Crippen LogP contribution in [0.5, 0.6) is 0 Å². The van der Waals surface area contributed by atoms with E-state index < -0.39 is 12.0 Å². The third-order valence-electron chi connectivity index (χ3n) is 2.51. The SMILES string of the molecule is O=C(O)C1C2N=CNC2CCN1S. The van der Waals surface area contributed by atoms with Crippen molar-refractivity contribution in [3.63, 3.8) is 0 Å². The normalized spacial score (nSPS) is 38.4. The first-order valence-corrected chi connectivity index (χ1v) is 4.56. The molecule has 2 N–H and O–H groups in total. The molecule has 5 nitrogen and oxygen atoms in total. The van der Waals surface area contributed by atoms with Gasteiger partial charge in [0.25, 0.3) is 0 Å². The Labute approximate surface area is 81.4 Å². The molecule has 1 fully saturated rings. The van der Waals surface area contributed by atoms with E-state index in [0.29, 0.717) is 6.54 Å². The second-order valence-electron chi connectivity index (χ2n) is 3.28. The number of aliphatic carboxylic acids is 1. The summed E-state index contributed by atoms with van der Waals surface area (Å²) in [6, 6.07) is -0.624. The van der Waals surface area contributed by atoms with Crippen LogP contribution in [0.3, 0.4) is 0 Å². The van der Waals surface area contributed by atoms with E-state index in [-0.39, 0.29) is 12.1 Å². The average molecular weight is 201 g/mol. The van der Waals surface area contributed by atoms with Crippen LogP contribution in [0.2, 0.25) is 0 Å². The number of carbonyl (C=O) groups is 1. The van der Waals surface area contributed by atoms with E-state index in [0.717, 1.165) is 6.42 Å². The van der Waals surface area contributed by atoms with Crippen molar-refractivity contribution in [1.82, 2.24) is 9.62 Å². The Kier molecular flexibility index (Phi) is 2.17. The van der Waals surface area contributed by atoms with E-state index >= 15 is 0 Å². The van der Waals surface area contributed by atoms with Crippen molar-refractivity contribution in [3.8, 4) is 0 Å². The van der Waals surface area contributed by atoms with E-state index in [9.17, 15) is 4.79 Å². The van der Waals surface area contributed by atoms with Crippen molar-refractivity contribution in [2.75, 3.05) is 6.54 Å². The Hall–Kier alpha value is -0.750. The quantitative estimate of drug-likeness (QED) is 0.494. The topological polar surface area (TPSA) is 64.9 Å². The van der Waals surface area contributed by atoms with Crippen LogP contribution in [-0.4, -0.2) is 46.4 Å². The molecule has 2 aliphatic rings. The summed E-state index contributed by atoms with van der Waals surface area (Å²) in [6.07, 6.45) is 2.48. The van der Waals surface area contributed by atoms with E-state index in [2.05, 4.69) is 23.1 Å². The number of rotatable bonds is 1. The molecule has 0 aromatic rings. The highest BCUT2D eigenvalue weighted by molar-refractivity contribution is 7.77. The molecule has 2 aliphatic heterocycles. The average Bonchev–Trinajstić information content (AvgIpc) is 2.50. The number of aliphatic imine (C=N–C) groups is 1. The smallest absolute Gasteiger partial charge is 0.324 e. The van der Waals surface area contributed by atoms with Gasteiger partial charge in [0, 0.05) is 6.54 Å². The Bertz CT molecular complexity index is 258. The van der Waals surface area contributed by atoms with Gasteiger partial charge in [0.05, 0.1) is 18.4 Å². The van der Waals surface area contributed by atoms with Gasteiger partial charge in [-0.2, -0.15) is 0 Å². The van der Waals surface area contributed by atoms with Gasteiger partial charge in [-0.3, -0.25) is 9.79 Å². The Balaban J connectivity index is 2.19. The number of carboxylic acid groups (broad SMARTS) is 1. The van der Waals surface area contributed by atoms with Crippen LogP contribution in [-0.2, 0) is 4.79 Å². The number of hydrogen-bond acceptors (Lipinski definition) is 5. The highest BCUT2D eigenvalue weighted by atomic mass is 32.1. The molecule has 72 valence electrons. The van der Waals surface area contributed by atoms with Gasteiger partial charge in [0.1, 0.15) is 6.04 Å². The summed E-state index contributed by atoms with van der Waals surface area (Å²) in [7, 11) is 0. The van der Waals surface area contributed by atoms with Crippen LogP contribution >= 0.6 is 12.8 Å². The van der Waals surface area contributed by atoms with E-state index in [1.54, 1.807) is 10.6 Å². The predicted molar refractivity (Wildman–Crippen MR) is 50.9 cm³/mol. The number of fused-ring (bicyclic) bond motifs is 1. The van der Waals surface area contributed by atoms with Crippen molar-refractivity contribution in [2.45, 2.75) is 24.5 Å². The van der Waals surface area contributed by atoms with Gasteiger partial charge >= 0.3 is 5.97 Å². The van der Waals surface area contributed by atoms with Crippen LogP contribution < -0.4 is 5.32 Å². The van der Waals surface area contributed by atoms with Crippen molar-refractivity contribution in [3.05, 3.63) is 0 Å². The fourth-order valence-corrected chi connectivity index (χ4v) is 2.19. The molecule has 0 radical (unpaired) electrons. The Morgan fingerprint density at radius 3 is 3.23 bits per heavy atom. The molecule has 0 spiro atoms. The van der Waals surface area contributed by atoms with E-state index in [4.69, 9.17) is 5.11 Å². The molecule has 1 saturated heterocycles. The second kappa shape index (κ2) is 3.19. The monoisotopic (exact) mass is 201 g/mol. The van der Waals surface area contributed by atoms with Gasteiger partial charge in [-0.15, -0.1) is 0 Å². The van der Waals surface area contributed by atoms with Crippen LogP contribution in [0.1, 0.15) is 6.42 Å². The lowest BCUT2D eigenvalue weighted by atomic mass is 9.95. The molecule has 3 unspecified atom stereocenters. The number of nitrogens with one attached hydrogen (secondary N) is 1. The summed E-state index contributed by atoms with van der Waals surface area (Å²) in [6.45, 7) is 0.678. The lowest BCUT2D eigenvalue weighted by molar-refractivity contribution is -0.142. The molecule has 0 aromatic heterocycles. The molecule has 0 amide bonds. The molecule has 3 atom stereocenters.